The van der Waals surface area contributed by atoms with E-state index in [1.807, 2.05) is 11.9 Å². The molecule has 1 aromatic carbocycles. The summed E-state index contributed by atoms with van der Waals surface area (Å²) in [6, 6.07) is 7.86. The maximum Gasteiger partial charge on any atom is 0.325 e. The number of carbonyl (C=O) groups is 2. The summed E-state index contributed by atoms with van der Waals surface area (Å²) in [5, 5.41) is 2.79. The molecule has 5 heteroatoms. The van der Waals surface area contributed by atoms with Gasteiger partial charge in [-0.2, -0.15) is 0 Å². The van der Waals surface area contributed by atoms with E-state index in [4.69, 9.17) is 0 Å². The van der Waals surface area contributed by atoms with Crippen molar-refractivity contribution in [3.05, 3.63) is 35.4 Å². The molecule has 138 valence electrons. The Labute approximate surface area is 151 Å². The Balaban J connectivity index is 1.95. The van der Waals surface area contributed by atoms with Gasteiger partial charge >= 0.3 is 6.03 Å². The van der Waals surface area contributed by atoms with Crippen LogP contribution in [0.2, 0.25) is 0 Å². The summed E-state index contributed by atoms with van der Waals surface area (Å²) in [6.07, 6.45) is 0.680. The average molecular weight is 345 g/mol. The molecule has 3 amide bonds. The third kappa shape index (κ3) is 5.05. The summed E-state index contributed by atoms with van der Waals surface area (Å²) in [4.78, 5) is 27.8. The second-order valence-electron chi connectivity index (χ2n) is 8.50. The number of hydrogen-bond acceptors (Lipinski definition) is 3. The van der Waals surface area contributed by atoms with Crippen molar-refractivity contribution in [2.24, 2.45) is 5.92 Å². The average Bonchev–Trinajstić information content (AvgIpc) is 2.74. The molecule has 0 radical (unpaired) electrons. The van der Waals surface area contributed by atoms with Gasteiger partial charge in [0.2, 0.25) is 0 Å². The van der Waals surface area contributed by atoms with E-state index in [0.717, 1.165) is 0 Å². The molecule has 0 aromatic heterocycles. The summed E-state index contributed by atoms with van der Waals surface area (Å²) in [6.45, 7) is 11.7. The highest BCUT2D eigenvalue weighted by Crippen LogP contribution is 2.22. The predicted molar refractivity (Wildman–Crippen MR) is 100 cm³/mol. The molecule has 1 aromatic rings. The van der Waals surface area contributed by atoms with Crippen molar-refractivity contribution in [3.8, 4) is 0 Å². The topological polar surface area (TPSA) is 52.7 Å². The minimum Gasteiger partial charge on any atom is -0.326 e. The second kappa shape index (κ2) is 7.56. The summed E-state index contributed by atoms with van der Waals surface area (Å²) in [5.41, 5.74) is 2.60. The van der Waals surface area contributed by atoms with Crippen molar-refractivity contribution in [2.45, 2.75) is 59.0 Å². The van der Waals surface area contributed by atoms with Gasteiger partial charge in [-0.3, -0.25) is 9.69 Å². The molecule has 1 aliphatic rings. The number of nitrogens with zero attached hydrogens (tertiary/aromatic N) is 2. The molecular weight excluding hydrogens is 314 g/mol. The van der Waals surface area contributed by atoms with Gasteiger partial charge in [0.1, 0.15) is 6.04 Å². The first kappa shape index (κ1) is 19.4. The van der Waals surface area contributed by atoms with Crippen LogP contribution in [0.1, 0.15) is 52.2 Å². The molecule has 1 heterocycles. The third-order valence-corrected chi connectivity index (χ3v) is 4.47. The van der Waals surface area contributed by atoms with Gasteiger partial charge in [-0.05, 0) is 35.9 Å². The summed E-state index contributed by atoms with van der Waals surface area (Å²) < 4.78 is 0. The Kier molecular flexibility index (Phi) is 5.88. The number of amides is 3. The molecule has 0 aliphatic carbocycles. The highest BCUT2D eigenvalue weighted by Gasteiger charge is 2.38. The lowest BCUT2D eigenvalue weighted by atomic mass is 9.87. The number of urea groups is 1. The molecule has 1 saturated heterocycles. The third-order valence-electron chi connectivity index (χ3n) is 4.47. The number of nitrogens with one attached hydrogen (secondary N) is 1. The van der Waals surface area contributed by atoms with E-state index >= 15 is 0 Å². The standard InChI is InChI=1S/C20H31N3O2/c1-14(2)11-17-18(24)23(19(25)21-17)13-22(6)12-15-7-9-16(10-8-15)20(3,4)5/h7-10,14,17H,11-13H2,1-6H3,(H,21,25). The van der Waals surface area contributed by atoms with Gasteiger partial charge in [0.05, 0.1) is 6.67 Å². The Bertz CT molecular complexity index is 617. The summed E-state index contributed by atoms with van der Waals surface area (Å²) in [7, 11) is 1.92. The molecular formula is C20H31N3O2. The molecule has 1 fully saturated rings. The Morgan fingerprint density at radius 1 is 1.16 bits per heavy atom. The first-order valence-corrected chi connectivity index (χ1v) is 8.97. The van der Waals surface area contributed by atoms with Gasteiger partial charge in [-0.25, -0.2) is 9.69 Å². The maximum absolute atomic E-state index is 12.4. The lowest BCUT2D eigenvalue weighted by molar-refractivity contribution is -0.129. The molecule has 1 aliphatic heterocycles. The van der Waals surface area contributed by atoms with E-state index in [2.05, 4.69) is 64.2 Å². The number of carbonyl (C=O) groups excluding carboxylic acids is 2. The van der Waals surface area contributed by atoms with Gasteiger partial charge in [-0.15, -0.1) is 0 Å². The normalized spacial score (nSPS) is 18.4. The van der Waals surface area contributed by atoms with Crippen LogP contribution in [0.3, 0.4) is 0 Å². The van der Waals surface area contributed by atoms with Crippen LogP contribution in [0, 0.1) is 5.92 Å². The molecule has 25 heavy (non-hydrogen) atoms. The van der Waals surface area contributed by atoms with E-state index in [9.17, 15) is 9.59 Å². The molecule has 0 spiro atoms. The zero-order valence-electron chi connectivity index (χ0n) is 16.3. The van der Waals surface area contributed by atoms with Crippen LogP contribution in [-0.4, -0.2) is 41.5 Å². The van der Waals surface area contributed by atoms with Crippen LogP contribution in [-0.2, 0) is 16.8 Å². The van der Waals surface area contributed by atoms with Crippen molar-refractivity contribution in [3.63, 3.8) is 0 Å². The molecule has 1 unspecified atom stereocenters. The zero-order valence-corrected chi connectivity index (χ0v) is 16.3. The van der Waals surface area contributed by atoms with Crippen LogP contribution in [0.4, 0.5) is 4.79 Å². The molecule has 5 nitrogen and oxygen atoms in total. The smallest absolute Gasteiger partial charge is 0.325 e. The van der Waals surface area contributed by atoms with Crippen LogP contribution in [0.15, 0.2) is 24.3 Å². The molecule has 1 N–H and O–H groups in total. The summed E-state index contributed by atoms with van der Waals surface area (Å²) >= 11 is 0. The number of benzene rings is 1. The predicted octanol–water partition coefficient (Wildman–Crippen LogP) is 3.34. The van der Waals surface area contributed by atoms with Gasteiger partial charge in [0.25, 0.3) is 5.91 Å². The van der Waals surface area contributed by atoms with E-state index < -0.39 is 0 Å². The number of rotatable bonds is 6. The minimum absolute atomic E-state index is 0.117. The van der Waals surface area contributed by atoms with E-state index in [0.29, 0.717) is 25.6 Å². The van der Waals surface area contributed by atoms with Crippen molar-refractivity contribution in [1.29, 1.82) is 0 Å². The van der Waals surface area contributed by atoms with Gasteiger partial charge < -0.3 is 5.32 Å². The lowest BCUT2D eigenvalue weighted by Gasteiger charge is -2.23. The van der Waals surface area contributed by atoms with Gasteiger partial charge in [0.15, 0.2) is 0 Å². The van der Waals surface area contributed by atoms with Crippen molar-refractivity contribution >= 4 is 11.9 Å². The fraction of sp³-hybridized carbons (Fsp3) is 0.600. The highest BCUT2D eigenvalue weighted by molar-refractivity contribution is 6.04. The Morgan fingerprint density at radius 2 is 1.76 bits per heavy atom. The SMILES string of the molecule is CC(C)CC1NC(=O)N(CN(C)Cc2ccc(C(C)(C)C)cc2)C1=O. The first-order chi connectivity index (χ1) is 11.6. The molecule has 1 atom stereocenters. The Morgan fingerprint density at radius 3 is 2.28 bits per heavy atom. The first-order valence-electron chi connectivity index (χ1n) is 8.97. The highest BCUT2D eigenvalue weighted by atomic mass is 16.2. The fourth-order valence-corrected chi connectivity index (χ4v) is 3.06. The van der Waals surface area contributed by atoms with Crippen molar-refractivity contribution in [2.75, 3.05) is 13.7 Å². The van der Waals surface area contributed by atoms with Gasteiger partial charge in [0, 0.05) is 6.54 Å². The van der Waals surface area contributed by atoms with Crippen LogP contribution < -0.4 is 5.32 Å². The lowest BCUT2D eigenvalue weighted by Crippen LogP contribution is -2.40. The van der Waals surface area contributed by atoms with Gasteiger partial charge in [-0.1, -0.05) is 58.9 Å². The summed E-state index contributed by atoms with van der Waals surface area (Å²) in [5.74, 6) is 0.252. The van der Waals surface area contributed by atoms with E-state index in [-0.39, 0.29) is 23.4 Å². The zero-order chi connectivity index (χ0) is 18.8. The molecule has 2 rings (SSSR count). The molecule has 0 saturated carbocycles. The quantitative estimate of drug-likeness (QED) is 0.805. The monoisotopic (exact) mass is 345 g/mol. The largest absolute Gasteiger partial charge is 0.326 e. The van der Waals surface area contributed by atoms with Crippen LogP contribution in [0.5, 0.6) is 0 Å². The fourth-order valence-electron chi connectivity index (χ4n) is 3.06. The van der Waals surface area contributed by atoms with Crippen LogP contribution >= 0.6 is 0 Å². The van der Waals surface area contributed by atoms with E-state index in [1.54, 1.807) is 0 Å². The minimum atomic E-state index is -0.382. The van der Waals surface area contributed by atoms with Crippen molar-refractivity contribution < 1.29 is 9.59 Å². The maximum atomic E-state index is 12.4. The Hall–Kier alpha value is -1.88. The van der Waals surface area contributed by atoms with Crippen molar-refractivity contribution in [1.82, 2.24) is 15.1 Å². The second-order valence-corrected chi connectivity index (χ2v) is 8.50. The van der Waals surface area contributed by atoms with E-state index in [1.165, 1.54) is 16.0 Å². The molecule has 0 bridgehead atoms. The number of hydrogen-bond donors (Lipinski definition) is 1. The number of imide groups is 1. The van der Waals surface area contributed by atoms with Crippen LogP contribution in [0.25, 0.3) is 0 Å².